The Morgan fingerprint density at radius 3 is 2.31 bits per heavy atom. The molecule has 0 radical (unpaired) electrons. The van der Waals surface area contributed by atoms with Gasteiger partial charge in [-0.2, -0.15) is 8.78 Å². The van der Waals surface area contributed by atoms with Gasteiger partial charge in [-0.05, 0) is 6.42 Å². The highest BCUT2D eigenvalue weighted by atomic mass is 19.3. The molecular weight excluding hydrogens is 188 g/mol. The summed E-state index contributed by atoms with van der Waals surface area (Å²) in [6.45, 7) is 0.884. The van der Waals surface area contributed by atoms with Crippen molar-refractivity contribution in [3.8, 4) is 0 Å². The fourth-order valence-corrected chi connectivity index (χ4v) is 0.646. The van der Waals surface area contributed by atoms with E-state index >= 15 is 0 Å². The van der Waals surface area contributed by atoms with Crippen molar-refractivity contribution in [2.45, 2.75) is 31.7 Å². The largest absolute Gasteiger partial charge is 0.327 e. The van der Waals surface area contributed by atoms with Crippen LogP contribution in [0.2, 0.25) is 0 Å². The van der Waals surface area contributed by atoms with Crippen LogP contribution in [0, 0.1) is 0 Å². The minimum absolute atomic E-state index is 0.124. The highest BCUT2D eigenvalue weighted by Gasteiger charge is 2.39. The maximum absolute atomic E-state index is 12.2. The first-order chi connectivity index (χ1) is 5.90. The van der Waals surface area contributed by atoms with Crippen LogP contribution in [0.3, 0.4) is 0 Å². The zero-order chi connectivity index (χ0) is 10.5. The van der Waals surface area contributed by atoms with Crippen LogP contribution in [0.4, 0.5) is 17.6 Å². The minimum Gasteiger partial charge on any atom is -0.327 e. The van der Waals surface area contributed by atoms with Gasteiger partial charge in [0.25, 0.3) is 0 Å². The Balaban J connectivity index is 3.63. The lowest BCUT2D eigenvalue weighted by Gasteiger charge is -2.17. The number of hydrogen-bond acceptors (Lipinski definition) is 2. The molecule has 0 spiro atoms. The third-order valence-corrected chi connectivity index (χ3v) is 1.61. The molecule has 0 aromatic heterocycles. The lowest BCUT2D eigenvalue weighted by atomic mass is 10.2. The Hall–Kier alpha value is -0.360. The summed E-state index contributed by atoms with van der Waals surface area (Å²) in [5.41, 5.74) is 5.38. The third-order valence-electron chi connectivity index (χ3n) is 1.61. The van der Waals surface area contributed by atoms with Gasteiger partial charge in [-0.1, -0.05) is 6.92 Å². The minimum atomic E-state index is -3.96. The monoisotopic (exact) mass is 202 g/mol. The fraction of sp³-hybridized carbons (Fsp3) is 1.00. The molecule has 1 unspecified atom stereocenters. The van der Waals surface area contributed by atoms with Gasteiger partial charge in [0.1, 0.15) is 0 Å². The average molecular weight is 202 g/mol. The lowest BCUT2D eigenvalue weighted by molar-refractivity contribution is -0.125. The van der Waals surface area contributed by atoms with Crippen molar-refractivity contribution in [3.63, 3.8) is 0 Å². The van der Waals surface area contributed by atoms with Crippen LogP contribution in [0.25, 0.3) is 0 Å². The predicted octanol–water partition coefficient (Wildman–Crippen LogP) is 1.21. The van der Waals surface area contributed by atoms with Crippen molar-refractivity contribution in [1.82, 2.24) is 5.32 Å². The Labute approximate surface area is 74.5 Å². The van der Waals surface area contributed by atoms with Crippen molar-refractivity contribution >= 4 is 0 Å². The smallest absolute Gasteiger partial charge is 0.319 e. The van der Waals surface area contributed by atoms with Gasteiger partial charge in [0.05, 0.1) is 6.54 Å². The molecule has 13 heavy (non-hydrogen) atoms. The maximum atomic E-state index is 12.2. The third kappa shape index (κ3) is 5.05. The summed E-state index contributed by atoms with van der Waals surface area (Å²) >= 11 is 0. The van der Waals surface area contributed by atoms with Gasteiger partial charge >= 0.3 is 12.3 Å². The Morgan fingerprint density at radius 1 is 1.38 bits per heavy atom. The molecule has 0 saturated heterocycles. The van der Waals surface area contributed by atoms with E-state index in [1.54, 1.807) is 6.92 Å². The molecule has 0 fully saturated rings. The molecule has 0 aliphatic rings. The molecule has 80 valence electrons. The molecule has 0 aliphatic heterocycles. The molecule has 0 rings (SSSR count). The zero-order valence-electron chi connectivity index (χ0n) is 7.37. The summed E-state index contributed by atoms with van der Waals surface area (Å²) in [5, 5.41) is 2.20. The van der Waals surface area contributed by atoms with Crippen LogP contribution >= 0.6 is 0 Å². The van der Waals surface area contributed by atoms with E-state index in [2.05, 4.69) is 5.32 Å². The highest BCUT2D eigenvalue weighted by Crippen LogP contribution is 2.21. The van der Waals surface area contributed by atoms with Crippen LogP contribution in [-0.4, -0.2) is 31.5 Å². The van der Waals surface area contributed by atoms with E-state index < -0.39 is 18.9 Å². The van der Waals surface area contributed by atoms with Crippen molar-refractivity contribution < 1.29 is 17.6 Å². The molecule has 2 nitrogen and oxygen atoms in total. The molecular formula is C7H14F4N2. The van der Waals surface area contributed by atoms with Crippen molar-refractivity contribution in [3.05, 3.63) is 0 Å². The molecule has 0 heterocycles. The molecule has 0 aromatic carbocycles. The van der Waals surface area contributed by atoms with Crippen molar-refractivity contribution in [2.24, 2.45) is 5.73 Å². The van der Waals surface area contributed by atoms with E-state index in [0.717, 1.165) is 0 Å². The quantitative estimate of drug-likeness (QED) is 0.635. The number of halogens is 4. The molecule has 1 atom stereocenters. The number of nitrogens with two attached hydrogens (primary N) is 1. The first-order valence-corrected chi connectivity index (χ1v) is 4.02. The second-order valence-electron chi connectivity index (χ2n) is 2.86. The van der Waals surface area contributed by atoms with Gasteiger partial charge < -0.3 is 11.1 Å². The second-order valence-corrected chi connectivity index (χ2v) is 2.86. The first kappa shape index (κ1) is 12.6. The first-order valence-electron chi connectivity index (χ1n) is 4.02. The van der Waals surface area contributed by atoms with Gasteiger partial charge in [-0.3, -0.25) is 0 Å². The molecule has 0 bridgehead atoms. The number of rotatable bonds is 6. The Morgan fingerprint density at radius 2 is 1.92 bits per heavy atom. The van der Waals surface area contributed by atoms with Gasteiger partial charge in [0.2, 0.25) is 0 Å². The van der Waals surface area contributed by atoms with Crippen LogP contribution < -0.4 is 11.1 Å². The van der Waals surface area contributed by atoms with Crippen LogP contribution in [0.15, 0.2) is 0 Å². The van der Waals surface area contributed by atoms with Crippen LogP contribution in [0.1, 0.15) is 13.3 Å². The Bertz CT molecular complexity index is 140. The fourth-order valence-electron chi connectivity index (χ4n) is 0.646. The zero-order valence-corrected chi connectivity index (χ0v) is 7.37. The molecule has 3 N–H and O–H groups in total. The SMILES string of the molecule is CCC(N)CNCC(F)(F)C(F)F. The molecule has 0 aliphatic carbocycles. The van der Waals surface area contributed by atoms with E-state index in [-0.39, 0.29) is 12.6 Å². The maximum Gasteiger partial charge on any atom is 0.319 e. The standard InChI is InChI=1S/C7H14F4N2/c1-2-5(12)3-13-4-7(10,11)6(8)9/h5-6,13H,2-4,12H2,1H3. The summed E-state index contributed by atoms with van der Waals surface area (Å²) in [6, 6.07) is -0.270. The van der Waals surface area contributed by atoms with E-state index in [0.29, 0.717) is 6.42 Å². The van der Waals surface area contributed by atoms with Crippen molar-refractivity contribution in [2.75, 3.05) is 13.1 Å². The molecule has 0 aromatic rings. The normalized spacial score (nSPS) is 15.0. The van der Waals surface area contributed by atoms with Crippen LogP contribution in [-0.2, 0) is 0 Å². The summed E-state index contributed by atoms with van der Waals surface area (Å²) in [6.07, 6.45) is -3.01. The van der Waals surface area contributed by atoms with Crippen molar-refractivity contribution in [1.29, 1.82) is 0 Å². The van der Waals surface area contributed by atoms with Gasteiger partial charge in [-0.15, -0.1) is 0 Å². The number of hydrogen-bond donors (Lipinski definition) is 2. The molecule has 0 amide bonds. The lowest BCUT2D eigenvalue weighted by Crippen LogP contribution is -2.43. The average Bonchev–Trinajstić information content (AvgIpc) is 2.03. The summed E-state index contributed by atoms with van der Waals surface area (Å²) in [4.78, 5) is 0. The van der Waals surface area contributed by atoms with E-state index in [9.17, 15) is 17.6 Å². The van der Waals surface area contributed by atoms with E-state index in [4.69, 9.17) is 5.73 Å². The summed E-state index contributed by atoms with van der Waals surface area (Å²) in [7, 11) is 0. The molecule has 0 saturated carbocycles. The van der Waals surface area contributed by atoms with E-state index in [1.165, 1.54) is 0 Å². The second kappa shape index (κ2) is 5.39. The van der Waals surface area contributed by atoms with E-state index in [1.807, 2.05) is 0 Å². The topological polar surface area (TPSA) is 38.0 Å². The number of alkyl halides is 4. The number of nitrogens with one attached hydrogen (secondary N) is 1. The van der Waals surface area contributed by atoms with Gasteiger partial charge in [0.15, 0.2) is 0 Å². The van der Waals surface area contributed by atoms with Gasteiger partial charge in [-0.25, -0.2) is 8.78 Å². The Kier molecular flexibility index (Phi) is 5.24. The molecule has 6 heteroatoms. The van der Waals surface area contributed by atoms with Crippen LogP contribution in [0.5, 0.6) is 0 Å². The summed E-state index contributed by atoms with van der Waals surface area (Å²) in [5.74, 6) is -3.96. The van der Waals surface area contributed by atoms with Gasteiger partial charge in [0, 0.05) is 12.6 Å². The highest BCUT2D eigenvalue weighted by molar-refractivity contribution is 4.73. The predicted molar refractivity (Wildman–Crippen MR) is 42.1 cm³/mol. The summed E-state index contributed by atoms with van der Waals surface area (Å²) < 4.78 is 47.7.